The molecule has 2 unspecified atom stereocenters. The lowest BCUT2D eigenvalue weighted by Gasteiger charge is -2.21. The van der Waals surface area contributed by atoms with E-state index in [9.17, 15) is 0 Å². The molecule has 1 saturated carbocycles. The molecule has 0 heterocycles. The molecule has 82 valence electrons. The highest BCUT2D eigenvalue weighted by molar-refractivity contribution is 9.10. The van der Waals surface area contributed by atoms with Gasteiger partial charge in [0, 0.05) is 16.6 Å². The van der Waals surface area contributed by atoms with Crippen molar-refractivity contribution in [1.29, 1.82) is 0 Å². The first-order valence-corrected chi connectivity index (χ1v) is 6.48. The molecule has 0 bridgehead atoms. The van der Waals surface area contributed by atoms with Gasteiger partial charge >= 0.3 is 0 Å². The first kappa shape index (κ1) is 11.2. The average Bonchev–Trinajstić information content (AvgIpc) is 3.01. The van der Waals surface area contributed by atoms with E-state index in [1.165, 1.54) is 22.9 Å². The summed E-state index contributed by atoms with van der Waals surface area (Å²) < 4.78 is 1.20. The van der Waals surface area contributed by atoms with E-state index in [4.69, 9.17) is 0 Å². The van der Waals surface area contributed by atoms with Crippen LogP contribution >= 0.6 is 15.9 Å². The van der Waals surface area contributed by atoms with Crippen LogP contribution in [0.3, 0.4) is 0 Å². The monoisotopic (exact) mass is 267 g/mol. The van der Waals surface area contributed by atoms with Crippen LogP contribution in [-0.2, 0) is 0 Å². The molecule has 2 rings (SSSR count). The van der Waals surface area contributed by atoms with Crippen molar-refractivity contribution in [1.82, 2.24) is 5.32 Å². The summed E-state index contributed by atoms with van der Waals surface area (Å²) >= 11 is 3.60. The predicted molar refractivity (Wildman–Crippen MR) is 67.9 cm³/mol. The second-order valence-corrected chi connectivity index (χ2v) is 5.39. The molecule has 1 fully saturated rings. The minimum absolute atomic E-state index is 0.427. The largest absolute Gasteiger partial charge is 0.307 e. The van der Waals surface area contributed by atoms with E-state index >= 15 is 0 Å². The fraction of sp³-hybridized carbons (Fsp3) is 0.538. The quantitative estimate of drug-likeness (QED) is 0.873. The molecule has 2 atom stereocenters. The summed E-state index contributed by atoms with van der Waals surface area (Å²) in [6.45, 7) is 4.53. The van der Waals surface area contributed by atoms with Gasteiger partial charge in [-0.3, -0.25) is 0 Å². The van der Waals surface area contributed by atoms with Crippen LogP contribution in [0.25, 0.3) is 0 Å². The Morgan fingerprint density at radius 2 is 1.93 bits per heavy atom. The van der Waals surface area contributed by atoms with Gasteiger partial charge in [-0.2, -0.15) is 0 Å². The normalized spacial score (nSPS) is 19.9. The van der Waals surface area contributed by atoms with Gasteiger partial charge in [0.25, 0.3) is 0 Å². The standard InChI is InChI=1S/C13H18BrN/c1-9(11-7-8-11)15-10(2)12-5-3-4-6-13(12)14/h3-6,9-11,15H,7-8H2,1-2H3. The predicted octanol–water partition coefficient (Wildman–Crippen LogP) is 3.90. The number of halogens is 1. The maximum Gasteiger partial charge on any atom is 0.0305 e. The van der Waals surface area contributed by atoms with E-state index in [0.717, 1.165) is 5.92 Å². The van der Waals surface area contributed by atoms with Crippen LogP contribution in [0.15, 0.2) is 28.7 Å². The van der Waals surface area contributed by atoms with Crippen molar-refractivity contribution in [3.63, 3.8) is 0 Å². The summed E-state index contributed by atoms with van der Waals surface area (Å²) in [6.07, 6.45) is 2.80. The van der Waals surface area contributed by atoms with E-state index in [-0.39, 0.29) is 0 Å². The van der Waals surface area contributed by atoms with E-state index in [2.05, 4.69) is 59.4 Å². The topological polar surface area (TPSA) is 12.0 Å². The lowest BCUT2D eigenvalue weighted by molar-refractivity contribution is 0.440. The van der Waals surface area contributed by atoms with E-state index in [1.807, 2.05) is 0 Å². The van der Waals surface area contributed by atoms with Gasteiger partial charge in [-0.15, -0.1) is 0 Å². The second-order valence-electron chi connectivity index (χ2n) is 4.54. The van der Waals surface area contributed by atoms with Gasteiger partial charge in [0.05, 0.1) is 0 Å². The van der Waals surface area contributed by atoms with Crippen molar-refractivity contribution >= 4 is 15.9 Å². The Balaban J connectivity index is 2.00. The van der Waals surface area contributed by atoms with E-state index in [0.29, 0.717) is 12.1 Å². The van der Waals surface area contributed by atoms with Gasteiger partial charge in [-0.1, -0.05) is 34.1 Å². The van der Waals surface area contributed by atoms with Crippen molar-refractivity contribution in [2.24, 2.45) is 5.92 Å². The molecule has 0 aliphatic heterocycles. The highest BCUT2D eigenvalue weighted by atomic mass is 79.9. The van der Waals surface area contributed by atoms with Crippen molar-refractivity contribution in [2.45, 2.75) is 38.8 Å². The third-order valence-electron chi connectivity index (χ3n) is 3.21. The first-order chi connectivity index (χ1) is 7.18. The Labute approximate surface area is 100 Å². The van der Waals surface area contributed by atoms with Crippen molar-refractivity contribution in [2.75, 3.05) is 0 Å². The van der Waals surface area contributed by atoms with Crippen LogP contribution in [0.2, 0.25) is 0 Å². The van der Waals surface area contributed by atoms with Gasteiger partial charge in [0.15, 0.2) is 0 Å². The summed E-state index contributed by atoms with van der Waals surface area (Å²) in [7, 11) is 0. The minimum Gasteiger partial charge on any atom is -0.307 e. The second kappa shape index (κ2) is 4.67. The lowest BCUT2D eigenvalue weighted by Crippen LogP contribution is -2.30. The summed E-state index contributed by atoms with van der Waals surface area (Å²) in [5, 5.41) is 3.67. The van der Waals surface area contributed by atoms with Crippen molar-refractivity contribution in [3.05, 3.63) is 34.3 Å². The van der Waals surface area contributed by atoms with Crippen LogP contribution in [-0.4, -0.2) is 6.04 Å². The highest BCUT2D eigenvalue weighted by Gasteiger charge is 2.28. The van der Waals surface area contributed by atoms with Crippen LogP contribution in [0, 0.1) is 5.92 Å². The van der Waals surface area contributed by atoms with Crippen LogP contribution in [0.1, 0.15) is 38.3 Å². The summed E-state index contributed by atoms with van der Waals surface area (Å²) in [5.41, 5.74) is 1.35. The van der Waals surface area contributed by atoms with Crippen molar-refractivity contribution < 1.29 is 0 Å². The SMILES string of the molecule is CC(NC(C)C1CC1)c1ccccc1Br. The molecule has 1 N–H and O–H groups in total. The molecule has 1 aromatic carbocycles. The van der Waals surface area contributed by atoms with Crippen LogP contribution in [0.5, 0.6) is 0 Å². The maximum atomic E-state index is 3.67. The minimum atomic E-state index is 0.427. The van der Waals surface area contributed by atoms with Gasteiger partial charge in [0.1, 0.15) is 0 Å². The molecular weight excluding hydrogens is 250 g/mol. The molecule has 1 aromatic rings. The Morgan fingerprint density at radius 3 is 2.53 bits per heavy atom. The summed E-state index contributed by atoms with van der Waals surface area (Å²) in [4.78, 5) is 0. The zero-order valence-electron chi connectivity index (χ0n) is 9.33. The number of nitrogens with one attached hydrogen (secondary N) is 1. The molecule has 0 saturated heterocycles. The Hall–Kier alpha value is -0.340. The maximum absolute atomic E-state index is 3.67. The molecule has 0 amide bonds. The Morgan fingerprint density at radius 1 is 1.27 bits per heavy atom. The summed E-state index contributed by atoms with van der Waals surface area (Å²) in [5.74, 6) is 0.912. The fourth-order valence-corrected chi connectivity index (χ4v) is 2.67. The zero-order valence-corrected chi connectivity index (χ0v) is 10.9. The molecule has 0 radical (unpaired) electrons. The molecular formula is C13H18BrN. The first-order valence-electron chi connectivity index (χ1n) is 5.69. The molecule has 0 spiro atoms. The third kappa shape index (κ3) is 2.82. The van der Waals surface area contributed by atoms with Gasteiger partial charge in [0.2, 0.25) is 0 Å². The number of hydrogen-bond acceptors (Lipinski definition) is 1. The fourth-order valence-electron chi connectivity index (χ4n) is 2.04. The smallest absolute Gasteiger partial charge is 0.0305 e. The molecule has 2 heteroatoms. The average molecular weight is 268 g/mol. The molecule has 1 nitrogen and oxygen atoms in total. The Bertz CT molecular complexity index is 333. The molecule has 15 heavy (non-hydrogen) atoms. The Kier molecular flexibility index (Phi) is 3.47. The molecule has 0 aromatic heterocycles. The van der Waals surface area contributed by atoms with Crippen molar-refractivity contribution in [3.8, 4) is 0 Å². The highest BCUT2D eigenvalue weighted by Crippen LogP contribution is 2.34. The molecule has 1 aliphatic rings. The van der Waals surface area contributed by atoms with Crippen LogP contribution in [0.4, 0.5) is 0 Å². The van der Waals surface area contributed by atoms with E-state index < -0.39 is 0 Å². The third-order valence-corrected chi connectivity index (χ3v) is 3.94. The molecule has 1 aliphatic carbocycles. The van der Waals surface area contributed by atoms with Crippen LogP contribution < -0.4 is 5.32 Å². The number of rotatable bonds is 4. The van der Waals surface area contributed by atoms with E-state index in [1.54, 1.807) is 0 Å². The summed E-state index contributed by atoms with van der Waals surface area (Å²) in [6, 6.07) is 9.52. The lowest BCUT2D eigenvalue weighted by atomic mass is 10.1. The van der Waals surface area contributed by atoms with Gasteiger partial charge in [-0.05, 0) is 44.2 Å². The van der Waals surface area contributed by atoms with Gasteiger partial charge < -0.3 is 5.32 Å². The van der Waals surface area contributed by atoms with Gasteiger partial charge in [-0.25, -0.2) is 0 Å². The number of hydrogen-bond donors (Lipinski definition) is 1. The number of benzene rings is 1. The zero-order chi connectivity index (χ0) is 10.8.